The van der Waals surface area contributed by atoms with Gasteiger partial charge in [-0.3, -0.25) is 9.59 Å². The van der Waals surface area contributed by atoms with E-state index in [1.807, 2.05) is 50.2 Å². The first-order valence-corrected chi connectivity index (χ1v) is 9.13. The minimum atomic E-state index is -0.500. The molecule has 0 fully saturated rings. The standard InChI is InChI=1S/C21H25ClN2O2/c1-4-19(21(26)23-3)24(14-17-7-5-6-15(2)12-17)20(25)13-16-8-10-18(22)11-9-16/h5-12,19H,4,13-14H2,1-3H3,(H,23,26)/t19-/m0/s1. The zero-order valence-electron chi connectivity index (χ0n) is 15.5. The molecule has 138 valence electrons. The summed E-state index contributed by atoms with van der Waals surface area (Å²) in [4.78, 5) is 27.0. The Bertz CT molecular complexity index is 759. The van der Waals surface area contributed by atoms with Crippen molar-refractivity contribution in [1.29, 1.82) is 0 Å². The second-order valence-electron chi connectivity index (χ2n) is 6.35. The van der Waals surface area contributed by atoms with E-state index < -0.39 is 6.04 Å². The number of halogens is 1. The molecule has 5 heteroatoms. The van der Waals surface area contributed by atoms with Gasteiger partial charge in [0.15, 0.2) is 0 Å². The number of amides is 2. The van der Waals surface area contributed by atoms with Crippen LogP contribution in [-0.4, -0.2) is 29.8 Å². The zero-order chi connectivity index (χ0) is 19.1. The molecular formula is C21H25ClN2O2. The van der Waals surface area contributed by atoms with Crippen LogP contribution in [0, 0.1) is 6.92 Å². The van der Waals surface area contributed by atoms with Gasteiger partial charge in [0.1, 0.15) is 6.04 Å². The van der Waals surface area contributed by atoms with Crippen molar-refractivity contribution in [2.45, 2.75) is 39.3 Å². The first-order valence-electron chi connectivity index (χ1n) is 8.75. The first kappa shape index (κ1) is 20.0. The summed E-state index contributed by atoms with van der Waals surface area (Å²) in [6.07, 6.45) is 0.786. The molecule has 2 rings (SSSR count). The number of benzene rings is 2. The van der Waals surface area contributed by atoms with Crippen LogP contribution in [0.3, 0.4) is 0 Å². The number of aryl methyl sites for hydroxylation is 1. The van der Waals surface area contributed by atoms with Crippen molar-refractivity contribution >= 4 is 23.4 Å². The van der Waals surface area contributed by atoms with Crippen molar-refractivity contribution in [3.05, 3.63) is 70.2 Å². The predicted octanol–water partition coefficient (Wildman–Crippen LogP) is 3.74. The molecule has 0 bridgehead atoms. The summed E-state index contributed by atoms with van der Waals surface area (Å²) in [5, 5.41) is 3.30. The molecule has 0 saturated heterocycles. The topological polar surface area (TPSA) is 49.4 Å². The molecule has 0 aliphatic heterocycles. The van der Waals surface area contributed by atoms with Crippen molar-refractivity contribution in [2.24, 2.45) is 0 Å². The van der Waals surface area contributed by atoms with Gasteiger partial charge in [-0.2, -0.15) is 0 Å². The molecule has 26 heavy (non-hydrogen) atoms. The molecule has 0 heterocycles. The fourth-order valence-electron chi connectivity index (χ4n) is 2.97. The lowest BCUT2D eigenvalue weighted by atomic mass is 10.1. The molecule has 0 aliphatic carbocycles. The molecule has 0 spiro atoms. The molecule has 1 N–H and O–H groups in total. The van der Waals surface area contributed by atoms with Gasteiger partial charge in [-0.15, -0.1) is 0 Å². The molecule has 4 nitrogen and oxygen atoms in total. The van der Waals surface area contributed by atoms with Crippen LogP contribution >= 0.6 is 11.6 Å². The van der Waals surface area contributed by atoms with E-state index in [1.165, 1.54) is 0 Å². The van der Waals surface area contributed by atoms with Crippen LogP contribution in [0.4, 0.5) is 0 Å². The lowest BCUT2D eigenvalue weighted by Crippen LogP contribution is -2.48. The molecule has 2 amide bonds. The monoisotopic (exact) mass is 372 g/mol. The third-order valence-electron chi connectivity index (χ3n) is 4.34. The number of carbonyl (C=O) groups excluding carboxylic acids is 2. The minimum Gasteiger partial charge on any atom is -0.357 e. The fourth-order valence-corrected chi connectivity index (χ4v) is 3.10. The van der Waals surface area contributed by atoms with Crippen LogP contribution in [0.2, 0.25) is 5.02 Å². The molecule has 0 aliphatic rings. The van der Waals surface area contributed by atoms with Gasteiger partial charge >= 0.3 is 0 Å². The van der Waals surface area contributed by atoms with Crippen LogP contribution in [0.15, 0.2) is 48.5 Å². The number of hydrogen-bond donors (Lipinski definition) is 1. The number of rotatable bonds is 7. The Morgan fingerprint density at radius 2 is 1.81 bits per heavy atom. The number of nitrogens with zero attached hydrogens (tertiary/aromatic N) is 1. The van der Waals surface area contributed by atoms with E-state index in [0.29, 0.717) is 18.0 Å². The summed E-state index contributed by atoms with van der Waals surface area (Å²) in [5.74, 6) is -0.228. The minimum absolute atomic E-state index is 0.0794. The van der Waals surface area contributed by atoms with Gasteiger partial charge in [0.05, 0.1) is 6.42 Å². The van der Waals surface area contributed by atoms with Crippen molar-refractivity contribution in [2.75, 3.05) is 7.05 Å². The first-order chi connectivity index (χ1) is 12.4. The fraction of sp³-hybridized carbons (Fsp3) is 0.333. The van der Waals surface area contributed by atoms with Gasteiger partial charge in [-0.05, 0) is 36.6 Å². The average Bonchev–Trinajstić information content (AvgIpc) is 2.63. The second kappa shape index (κ2) is 9.39. The van der Waals surface area contributed by atoms with E-state index in [-0.39, 0.29) is 18.2 Å². The Labute approximate surface area is 160 Å². The number of hydrogen-bond acceptors (Lipinski definition) is 2. The Kier molecular flexibility index (Phi) is 7.22. The second-order valence-corrected chi connectivity index (χ2v) is 6.79. The van der Waals surface area contributed by atoms with E-state index in [9.17, 15) is 9.59 Å². The maximum absolute atomic E-state index is 13.0. The van der Waals surface area contributed by atoms with Crippen LogP contribution in [-0.2, 0) is 22.6 Å². The summed E-state index contributed by atoms with van der Waals surface area (Å²) >= 11 is 5.92. The summed E-state index contributed by atoms with van der Waals surface area (Å²) in [6, 6.07) is 14.7. The Hall–Kier alpha value is -2.33. The summed E-state index contributed by atoms with van der Waals surface area (Å²) in [6.45, 7) is 4.33. The SMILES string of the molecule is CC[C@@H](C(=O)NC)N(Cc1cccc(C)c1)C(=O)Cc1ccc(Cl)cc1. The number of nitrogens with one attached hydrogen (secondary N) is 1. The van der Waals surface area contributed by atoms with Gasteiger partial charge < -0.3 is 10.2 Å². The van der Waals surface area contributed by atoms with Crippen molar-refractivity contribution in [1.82, 2.24) is 10.2 Å². The van der Waals surface area contributed by atoms with Crippen LogP contribution in [0.1, 0.15) is 30.0 Å². The van der Waals surface area contributed by atoms with Crippen LogP contribution in [0.5, 0.6) is 0 Å². The van der Waals surface area contributed by atoms with Crippen molar-refractivity contribution in [3.63, 3.8) is 0 Å². The number of carbonyl (C=O) groups is 2. The van der Waals surface area contributed by atoms with Crippen molar-refractivity contribution < 1.29 is 9.59 Å². The number of likely N-dealkylation sites (N-methyl/N-ethyl adjacent to an activating group) is 1. The van der Waals surface area contributed by atoms with E-state index in [1.54, 1.807) is 24.1 Å². The molecule has 0 radical (unpaired) electrons. The largest absolute Gasteiger partial charge is 0.357 e. The van der Waals surface area contributed by atoms with Gasteiger partial charge in [-0.25, -0.2) is 0 Å². The molecule has 0 saturated carbocycles. The van der Waals surface area contributed by atoms with Crippen LogP contribution in [0.25, 0.3) is 0 Å². The highest BCUT2D eigenvalue weighted by Gasteiger charge is 2.27. The third-order valence-corrected chi connectivity index (χ3v) is 4.59. The van der Waals surface area contributed by atoms with Gasteiger partial charge in [0.25, 0.3) is 0 Å². The summed E-state index contributed by atoms with van der Waals surface area (Å²) < 4.78 is 0. The van der Waals surface area contributed by atoms with Gasteiger partial charge in [0.2, 0.25) is 11.8 Å². The molecule has 1 atom stereocenters. The predicted molar refractivity (Wildman–Crippen MR) is 105 cm³/mol. The Morgan fingerprint density at radius 1 is 1.12 bits per heavy atom. The van der Waals surface area contributed by atoms with Crippen LogP contribution < -0.4 is 5.32 Å². The maximum Gasteiger partial charge on any atom is 0.242 e. The normalized spacial score (nSPS) is 11.7. The summed E-state index contributed by atoms with van der Waals surface area (Å²) in [7, 11) is 1.60. The third kappa shape index (κ3) is 5.33. The molecule has 0 unspecified atom stereocenters. The molecule has 0 aromatic heterocycles. The van der Waals surface area contributed by atoms with Gasteiger partial charge in [0, 0.05) is 18.6 Å². The summed E-state index contributed by atoms with van der Waals surface area (Å²) in [5.41, 5.74) is 3.01. The van der Waals surface area contributed by atoms with E-state index in [2.05, 4.69) is 5.32 Å². The highest BCUT2D eigenvalue weighted by atomic mass is 35.5. The maximum atomic E-state index is 13.0. The molecule has 2 aromatic carbocycles. The zero-order valence-corrected chi connectivity index (χ0v) is 16.2. The quantitative estimate of drug-likeness (QED) is 0.804. The lowest BCUT2D eigenvalue weighted by molar-refractivity contribution is -0.140. The Balaban J connectivity index is 2.27. The van der Waals surface area contributed by atoms with Gasteiger partial charge in [-0.1, -0.05) is 60.5 Å². The smallest absolute Gasteiger partial charge is 0.242 e. The highest BCUT2D eigenvalue weighted by molar-refractivity contribution is 6.30. The highest BCUT2D eigenvalue weighted by Crippen LogP contribution is 2.16. The molecular weight excluding hydrogens is 348 g/mol. The van der Waals surface area contributed by atoms with E-state index in [0.717, 1.165) is 16.7 Å². The average molecular weight is 373 g/mol. The Morgan fingerprint density at radius 3 is 2.38 bits per heavy atom. The molecule has 2 aromatic rings. The van der Waals surface area contributed by atoms with E-state index in [4.69, 9.17) is 11.6 Å². The van der Waals surface area contributed by atoms with E-state index >= 15 is 0 Å². The van der Waals surface area contributed by atoms with Crippen molar-refractivity contribution in [3.8, 4) is 0 Å². The lowest BCUT2D eigenvalue weighted by Gasteiger charge is -2.30.